The van der Waals surface area contributed by atoms with Crippen molar-refractivity contribution in [2.45, 2.75) is 58.8 Å². The molecule has 0 amide bonds. The zero-order chi connectivity index (χ0) is 11.5. The van der Waals surface area contributed by atoms with E-state index in [-0.39, 0.29) is 5.41 Å². The lowest BCUT2D eigenvalue weighted by molar-refractivity contribution is 0.586. The molecule has 0 nitrogen and oxygen atoms in total. The predicted molar refractivity (Wildman–Crippen MR) is 68.5 cm³/mol. The van der Waals surface area contributed by atoms with Crippen LogP contribution in [0.15, 0.2) is 24.3 Å². The average Bonchev–Trinajstić information content (AvgIpc) is 2.17. The zero-order valence-electron chi connectivity index (χ0n) is 10.8. The molecular formula is C15H24. The highest BCUT2D eigenvalue weighted by molar-refractivity contribution is 5.30. The summed E-state index contributed by atoms with van der Waals surface area (Å²) in [4.78, 5) is 0. The minimum atomic E-state index is 0.266. The second-order valence-corrected chi connectivity index (χ2v) is 5.57. The Kier molecular flexibility index (Phi) is 3.96. The molecule has 0 saturated heterocycles. The molecule has 0 N–H and O–H groups in total. The van der Waals surface area contributed by atoms with Crippen LogP contribution in [0, 0.1) is 0 Å². The lowest BCUT2D eigenvalue weighted by Crippen LogP contribution is -2.11. The fraction of sp³-hybridized carbons (Fsp3) is 0.600. The Hall–Kier alpha value is -0.780. The van der Waals surface area contributed by atoms with Crippen LogP contribution in [0.3, 0.4) is 0 Å². The summed E-state index contributed by atoms with van der Waals surface area (Å²) in [6, 6.07) is 9.07. The molecule has 1 aromatic rings. The molecule has 0 saturated carbocycles. The number of rotatable bonds is 3. The topological polar surface area (TPSA) is 0 Å². The van der Waals surface area contributed by atoms with Crippen molar-refractivity contribution in [2.75, 3.05) is 0 Å². The van der Waals surface area contributed by atoms with Crippen molar-refractivity contribution in [3.05, 3.63) is 35.4 Å². The van der Waals surface area contributed by atoms with Crippen molar-refractivity contribution in [2.24, 2.45) is 0 Å². The zero-order valence-corrected chi connectivity index (χ0v) is 10.8. The van der Waals surface area contributed by atoms with Gasteiger partial charge in [0.1, 0.15) is 0 Å². The highest BCUT2D eigenvalue weighted by Gasteiger charge is 2.14. The summed E-state index contributed by atoms with van der Waals surface area (Å²) in [7, 11) is 0. The molecule has 84 valence electrons. The molecule has 0 spiro atoms. The second kappa shape index (κ2) is 4.83. The Bertz CT molecular complexity index is 304. The smallest absolute Gasteiger partial charge is 0.0132 e. The number of benzene rings is 1. The number of hydrogen-bond acceptors (Lipinski definition) is 0. The average molecular weight is 204 g/mol. The lowest BCUT2D eigenvalue weighted by atomic mass is 9.84. The summed E-state index contributed by atoms with van der Waals surface area (Å²) in [5.74, 6) is 0.692. The summed E-state index contributed by atoms with van der Waals surface area (Å²) >= 11 is 0. The van der Waals surface area contributed by atoms with E-state index in [0.717, 1.165) is 0 Å². The fourth-order valence-electron chi connectivity index (χ4n) is 1.91. The third kappa shape index (κ3) is 3.37. The minimum Gasteiger partial charge on any atom is -0.0654 e. The van der Waals surface area contributed by atoms with Crippen LogP contribution >= 0.6 is 0 Å². The molecule has 15 heavy (non-hydrogen) atoms. The van der Waals surface area contributed by atoms with Crippen LogP contribution in [0.25, 0.3) is 0 Å². The van der Waals surface area contributed by atoms with E-state index in [0.29, 0.717) is 5.92 Å². The van der Waals surface area contributed by atoms with Gasteiger partial charge in [-0.05, 0) is 28.9 Å². The Morgan fingerprint density at radius 1 is 1.20 bits per heavy atom. The van der Waals surface area contributed by atoms with E-state index in [9.17, 15) is 0 Å². The quantitative estimate of drug-likeness (QED) is 0.657. The predicted octanol–water partition coefficient (Wildman–Crippen LogP) is 4.89. The third-order valence-corrected chi connectivity index (χ3v) is 3.04. The van der Waals surface area contributed by atoms with Gasteiger partial charge in [0.15, 0.2) is 0 Å². The van der Waals surface area contributed by atoms with Crippen molar-refractivity contribution in [3.8, 4) is 0 Å². The molecule has 0 aliphatic carbocycles. The van der Waals surface area contributed by atoms with Gasteiger partial charge in [-0.25, -0.2) is 0 Å². The third-order valence-electron chi connectivity index (χ3n) is 3.04. The number of hydrogen-bond donors (Lipinski definition) is 0. The molecule has 0 radical (unpaired) electrons. The van der Waals surface area contributed by atoms with Crippen LogP contribution in [0.1, 0.15) is 64.5 Å². The Morgan fingerprint density at radius 2 is 1.87 bits per heavy atom. The van der Waals surface area contributed by atoms with Crippen LogP contribution in [0.2, 0.25) is 0 Å². The summed E-state index contributed by atoms with van der Waals surface area (Å²) in [6.07, 6.45) is 2.55. The van der Waals surface area contributed by atoms with Gasteiger partial charge < -0.3 is 0 Å². The first-order chi connectivity index (χ1) is 6.95. The highest BCUT2D eigenvalue weighted by Crippen LogP contribution is 2.27. The normalized spacial score (nSPS) is 13.9. The lowest BCUT2D eigenvalue weighted by Gasteiger charge is -2.21. The molecule has 0 aliphatic rings. The van der Waals surface area contributed by atoms with Gasteiger partial charge >= 0.3 is 0 Å². The molecule has 0 aliphatic heterocycles. The van der Waals surface area contributed by atoms with Crippen molar-refractivity contribution >= 4 is 0 Å². The van der Waals surface area contributed by atoms with Crippen LogP contribution in [0.5, 0.6) is 0 Å². The van der Waals surface area contributed by atoms with Crippen LogP contribution in [-0.2, 0) is 5.41 Å². The molecule has 1 aromatic carbocycles. The molecule has 0 bridgehead atoms. The van der Waals surface area contributed by atoms with Crippen molar-refractivity contribution in [1.29, 1.82) is 0 Å². The summed E-state index contributed by atoms with van der Waals surface area (Å²) in [5, 5.41) is 0. The molecule has 0 heteroatoms. The van der Waals surface area contributed by atoms with Gasteiger partial charge in [-0.15, -0.1) is 0 Å². The molecule has 0 heterocycles. The van der Waals surface area contributed by atoms with E-state index in [2.05, 4.69) is 58.9 Å². The van der Waals surface area contributed by atoms with Crippen molar-refractivity contribution in [1.82, 2.24) is 0 Å². The van der Waals surface area contributed by atoms with Gasteiger partial charge in [-0.1, -0.05) is 65.3 Å². The van der Waals surface area contributed by atoms with Gasteiger partial charge in [-0.2, -0.15) is 0 Å². The highest BCUT2D eigenvalue weighted by atomic mass is 14.2. The summed E-state index contributed by atoms with van der Waals surface area (Å²) in [5.41, 5.74) is 3.20. The maximum Gasteiger partial charge on any atom is -0.0132 e. The van der Waals surface area contributed by atoms with Gasteiger partial charge in [0, 0.05) is 0 Å². The van der Waals surface area contributed by atoms with E-state index in [4.69, 9.17) is 0 Å². The largest absolute Gasteiger partial charge is 0.0654 e. The van der Waals surface area contributed by atoms with Gasteiger partial charge in [0.05, 0.1) is 0 Å². The van der Waals surface area contributed by atoms with Crippen molar-refractivity contribution in [3.63, 3.8) is 0 Å². The molecule has 1 atom stereocenters. The van der Waals surface area contributed by atoms with Gasteiger partial charge in [0.25, 0.3) is 0 Å². The Labute approximate surface area is 94.7 Å². The first-order valence-electron chi connectivity index (χ1n) is 6.05. The molecule has 1 unspecified atom stereocenters. The standard InChI is InChI=1S/C15H24/c1-6-8-12(2)13-9-7-10-14(11-13)15(3,4)5/h7,9-12H,6,8H2,1-5H3. The van der Waals surface area contributed by atoms with Crippen molar-refractivity contribution < 1.29 is 0 Å². The van der Waals surface area contributed by atoms with Crippen LogP contribution < -0.4 is 0 Å². The Balaban J connectivity index is 2.92. The fourth-order valence-corrected chi connectivity index (χ4v) is 1.91. The summed E-state index contributed by atoms with van der Waals surface area (Å²) in [6.45, 7) is 11.4. The molecular weight excluding hydrogens is 180 g/mol. The molecule has 1 rings (SSSR count). The minimum absolute atomic E-state index is 0.266. The van der Waals surface area contributed by atoms with Gasteiger partial charge in [-0.3, -0.25) is 0 Å². The van der Waals surface area contributed by atoms with E-state index >= 15 is 0 Å². The maximum atomic E-state index is 2.38. The van der Waals surface area contributed by atoms with E-state index in [1.807, 2.05) is 0 Å². The van der Waals surface area contributed by atoms with E-state index in [1.165, 1.54) is 24.0 Å². The van der Waals surface area contributed by atoms with Crippen LogP contribution in [-0.4, -0.2) is 0 Å². The Morgan fingerprint density at radius 3 is 2.40 bits per heavy atom. The first-order valence-corrected chi connectivity index (χ1v) is 6.05. The van der Waals surface area contributed by atoms with Gasteiger partial charge in [0.2, 0.25) is 0 Å². The van der Waals surface area contributed by atoms with Crippen LogP contribution in [0.4, 0.5) is 0 Å². The molecule has 0 fully saturated rings. The van der Waals surface area contributed by atoms with E-state index in [1.54, 1.807) is 0 Å². The second-order valence-electron chi connectivity index (χ2n) is 5.57. The first kappa shape index (κ1) is 12.3. The maximum absolute atomic E-state index is 2.38. The summed E-state index contributed by atoms with van der Waals surface area (Å²) < 4.78 is 0. The molecule has 0 aromatic heterocycles. The van der Waals surface area contributed by atoms with E-state index < -0.39 is 0 Å². The monoisotopic (exact) mass is 204 g/mol. The SMILES string of the molecule is CCCC(C)c1cccc(C(C)(C)C)c1.